The Morgan fingerprint density at radius 3 is 0.667 bits per heavy atom. The molecule has 0 aromatic rings. The first-order valence-corrected chi connectivity index (χ1v) is 2.33. The fourth-order valence-electron chi connectivity index (χ4n) is 0. The van der Waals surface area contributed by atoms with Crippen LogP contribution in [-0.4, -0.2) is 0 Å². The predicted octanol–water partition coefficient (Wildman–Crippen LogP) is 0.871. The average Bonchev–Trinajstić information content (AvgIpc) is 1.81. The summed E-state index contributed by atoms with van der Waals surface area (Å²) in [6.45, 7) is 8.00. The molecule has 0 aromatic heterocycles. The molecule has 6 heavy (non-hydrogen) atoms. The van der Waals surface area contributed by atoms with Gasteiger partial charge < -0.3 is 0 Å². The second-order valence-electron chi connectivity index (χ2n) is 0. The van der Waals surface area contributed by atoms with E-state index in [2.05, 4.69) is 11.7 Å². The standard InChI is InChI=1S/2C2H6.H4N2/c3*1-2/h2*1-2H3;1-2H2. The van der Waals surface area contributed by atoms with Crippen LogP contribution in [0.4, 0.5) is 0 Å². The Hall–Kier alpha value is -0.0800. The van der Waals surface area contributed by atoms with Crippen molar-refractivity contribution in [3.8, 4) is 0 Å². The molecule has 0 aliphatic rings. The van der Waals surface area contributed by atoms with E-state index in [9.17, 15) is 0 Å². The smallest absolute Gasteiger partial charge is 0.0683 e. The Balaban J connectivity index is -0.0000000225. The van der Waals surface area contributed by atoms with Gasteiger partial charge in [0.1, 0.15) is 0 Å². The van der Waals surface area contributed by atoms with Crippen molar-refractivity contribution in [2.75, 3.05) is 0 Å². The van der Waals surface area contributed by atoms with Gasteiger partial charge in [-0.3, -0.25) is 11.7 Å². The quantitative estimate of drug-likeness (QED) is 0.344. The number of rotatable bonds is 0. The van der Waals surface area contributed by atoms with Gasteiger partial charge in [0, 0.05) is 0 Å². The fourth-order valence-corrected chi connectivity index (χ4v) is 0. The van der Waals surface area contributed by atoms with Crippen molar-refractivity contribution in [1.82, 2.24) is 0 Å². The minimum Gasteiger partial charge on any atom is -0.274 e. The maximum absolute atomic E-state index is 4.00. The van der Waals surface area contributed by atoms with Crippen LogP contribution in [0.5, 0.6) is 0 Å². The number of hydrogen-bond donors (Lipinski definition) is 2. The summed E-state index contributed by atoms with van der Waals surface area (Å²) in [4.78, 5) is 0. The Bertz CT molecular complexity index is 5.51. The second kappa shape index (κ2) is 11800. The summed E-state index contributed by atoms with van der Waals surface area (Å²) in [5.74, 6) is 8.00. The highest BCUT2D eigenvalue weighted by Gasteiger charge is 0.934. The van der Waals surface area contributed by atoms with E-state index in [-0.39, 0.29) is 0 Å². The van der Waals surface area contributed by atoms with Crippen molar-refractivity contribution in [3.05, 3.63) is 0 Å². The Morgan fingerprint density at radius 1 is 0.667 bits per heavy atom. The zero-order chi connectivity index (χ0) is 6.00. The van der Waals surface area contributed by atoms with E-state index in [1.165, 1.54) is 0 Å². The molecule has 0 spiro atoms. The van der Waals surface area contributed by atoms with E-state index in [4.69, 9.17) is 0 Å². The van der Waals surface area contributed by atoms with Gasteiger partial charge in [-0.15, -0.1) is 0 Å². The lowest BCUT2D eigenvalue weighted by Gasteiger charge is -1.27. The molecule has 0 aromatic carbocycles. The van der Waals surface area contributed by atoms with Gasteiger partial charge in [-0.25, -0.2) is 0 Å². The van der Waals surface area contributed by atoms with Gasteiger partial charge in [0.25, 0.3) is 0 Å². The van der Waals surface area contributed by atoms with E-state index >= 15 is 0 Å². The van der Waals surface area contributed by atoms with Gasteiger partial charge in [-0.05, 0) is 0 Å². The van der Waals surface area contributed by atoms with E-state index in [0.29, 0.717) is 0 Å². The van der Waals surface area contributed by atoms with Gasteiger partial charge in [0.15, 0.2) is 0 Å². The van der Waals surface area contributed by atoms with Gasteiger partial charge in [0.05, 0.1) is 0 Å². The molecule has 0 saturated carbocycles. The zero-order valence-corrected chi connectivity index (χ0v) is 5.15. The molecule has 0 aliphatic heterocycles. The maximum atomic E-state index is 4.00. The molecular weight excluding hydrogens is 76.1 g/mol. The molecular formula is C4H16N2. The van der Waals surface area contributed by atoms with Crippen LogP contribution in [0.15, 0.2) is 0 Å². The lowest BCUT2D eigenvalue weighted by molar-refractivity contribution is 1.26. The molecule has 0 amide bonds. The summed E-state index contributed by atoms with van der Waals surface area (Å²) in [6, 6.07) is 0. The zero-order valence-electron chi connectivity index (χ0n) is 5.15. The normalized spacial score (nSPS) is 3.00. The molecule has 42 valence electrons. The van der Waals surface area contributed by atoms with Crippen LogP contribution < -0.4 is 11.7 Å². The number of nitrogens with two attached hydrogens (primary N) is 2. The van der Waals surface area contributed by atoms with Gasteiger partial charge >= 0.3 is 0 Å². The highest BCUT2D eigenvalue weighted by atomic mass is 15.0. The summed E-state index contributed by atoms with van der Waals surface area (Å²) < 4.78 is 0. The first-order valence-electron chi connectivity index (χ1n) is 2.33. The molecule has 0 rings (SSSR count). The van der Waals surface area contributed by atoms with Crippen LogP contribution in [0.3, 0.4) is 0 Å². The summed E-state index contributed by atoms with van der Waals surface area (Å²) in [6.07, 6.45) is 0. The molecule has 0 heterocycles. The molecule has 0 bridgehead atoms. The van der Waals surface area contributed by atoms with Gasteiger partial charge in [-0.1, -0.05) is 27.7 Å². The summed E-state index contributed by atoms with van der Waals surface area (Å²) in [7, 11) is 0. The first kappa shape index (κ1) is 16.8. The number of hydrogen-bond acceptors (Lipinski definition) is 2. The molecule has 4 N–H and O–H groups in total. The predicted molar refractivity (Wildman–Crippen MR) is 31.1 cm³/mol. The highest BCUT2D eigenvalue weighted by molar-refractivity contribution is 3.51. The van der Waals surface area contributed by atoms with E-state index in [1.54, 1.807) is 0 Å². The molecule has 0 unspecified atom stereocenters. The Morgan fingerprint density at radius 2 is 0.667 bits per heavy atom. The van der Waals surface area contributed by atoms with Crippen molar-refractivity contribution >= 4 is 0 Å². The Kier molecular flexibility index (Phi) is 33100. The average molecular weight is 92.2 g/mol. The lowest BCUT2D eigenvalue weighted by atomic mass is 11.0. The topological polar surface area (TPSA) is 52.0 Å². The first-order chi connectivity index (χ1) is 3.00. The van der Waals surface area contributed by atoms with Crippen LogP contribution in [0.1, 0.15) is 27.7 Å². The van der Waals surface area contributed by atoms with Crippen LogP contribution in [-0.2, 0) is 0 Å². The van der Waals surface area contributed by atoms with E-state index in [1.807, 2.05) is 27.7 Å². The molecule has 0 atom stereocenters. The van der Waals surface area contributed by atoms with Crippen LogP contribution in [0.25, 0.3) is 0 Å². The van der Waals surface area contributed by atoms with Crippen molar-refractivity contribution in [3.63, 3.8) is 0 Å². The number of hydrazine groups is 1. The molecule has 2 nitrogen and oxygen atoms in total. The molecule has 2 heteroatoms. The third-order valence-corrected chi connectivity index (χ3v) is 0. The molecule has 0 fully saturated rings. The Labute approximate surface area is 40.5 Å². The van der Waals surface area contributed by atoms with Gasteiger partial charge in [0.2, 0.25) is 0 Å². The molecule has 0 saturated heterocycles. The largest absolute Gasteiger partial charge is 0.274 e. The van der Waals surface area contributed by atoms with Crippen LogP contribution in [0, 0.1) is 0 Å². The maximum Gasteiger partial charge on any atom is -0.0683 e. The second-order valence-corrected chi connectivity index (χ2v) is 0. The van der Waals surface area contributed by atoms with E-state index < -0.39 is 0 Å². The minimum absolute atomic E-state index is 2.00. The summed E-state index contributed by atoms with van der Waals surface area (Å²) in [5.41, 5.74) is 0. The SMILES string of the molecule is CC.CC.NN. The van der Waals surface area contributed by atoms with E-state index in [0.717, 1.165) is 0 Å². The van der Waals surface area contributed by atoms with Crippen molar-refractivity contribution in [1.29, 1.82) is 0 Å². The fraction of sp³-hybridized carbons (Fsp3) is 1.00. The lowest BCUT2D eigenvalue weighted by Crippen LogP contribution is -2.02. The summed E-state index contributed by atoms with van der Waals surface area (Å²) >= 11 is 0. The summed E-state index contributed by atoms with van der Waals surface area (Å²) in [5, 5.41) is 0. The van der Waals surface area contributed by atoms with Crippen molar-refractivity contribution in [2.45, 2.75) is 27.7 Å². The highest BCUT2D eigenvalue weighted by Crippen LogP contribution is 1.15. The molecule has 0 aliphatic carbocycles. The molecule has 0 radical (unpaired) electrons. The third-order valence-electron chi connectivity index (χ3n) is 0. The van der Waals surface area contributed by atoms with Crippen molar-refractivity contribution < 1.29 is 0 Å². The third kappa shape index (κ3) is 5220. The van der Waals surface area contributed by atoms with Crippen LogP contribution >= 0.6 is 0 Å². The van der Waals surface area contributed by atoms with Crippen molar-refractivity contribution in [2.24, 2.45) is 11.7 Å². The minimum atomic E-state index is 2.00. The van der Waals surface area contributed by atoms with Gasteiger partial charge in [-0.2, -0.15) is 0 Å². The van der Waals surface area contributed by atoms with Crippen LogP contribution in [0.2, 0.25) is 0 Å². The monoisotopic (exact) mass is 92.1 g/mol.